The fraction of sp³-hybridized carbons (Fsp3) is 0. The van der Waals surface area contributed by atoms with Crippen LogP contribution in [-0.2, 0) is 0 Å². The van der Waals surface area contributed by atoms with Crippen LogP contribution in [0.3, 0.4) is 0 Å². The van der Waals surface area contributed by atoms with Crippen LogP contribution in [0.2, 0.25) is 0 Å². The Hall–Kier alpha value is -7.11. The molecule has 5 nitrogen and oxygen atoms in total. The number of hydrogen-bond acceptors (Lipinski definition) is 4. The monoisotopic (exact) mass is 664 g/mol. The fourth-order valence-corrected chi connectivity index (χ4v) is 7.81. The van der Waals surface area contributed by atoms with Gasteiger partial charge in [0, 0.05) is 32.7 Å². The zero-order valence-electron chi connectivity index (χ0n) is 27.9. The van der Waals surface area contributed by atoms with Crippen molar-refractivity contribution in [3.05, 3.63) is 170 Å². The molecule has 0 unspecified atom stereocenters. The minimum Gasteiger partial charge on any atom is -0.456 e. The van der Waals surface area contributed by atoms with Crippen molar-refractivity contribution in [2.24, 2.45) is 0 Å². The second-order valence-corrected chi connectivity index (χ2v) is 13.2. The molecule has 0 saturated heterocycles. The van der Waals surface area contributed by atoms with E-state index in [0.29, 0.717) is 17.6 Å². The van der Waals surface area contributed by atoms with E-state index in [1.54, 1.807) is 0 Å². The molecule has 0 aliphatic carbocycles. The van der Waals surface area contributed by atoms with Gasteiger partial charge in [-0.3, -0.25) is 4.57 Å². The molecule has 0 fully saturated rings. The van der Waals surface area contributed by atoms with Crippen molar-refractivity contribution < 1.29 is 4.42 Å². The summed E-state index contributed by atoms with van der Waals surface area (Å²) in [6.07, 6.45) is 0. The van der Waals surface area contributed by atoms with Crippen LogP contribution in [0.1, 0.15) is 0 Å². The van der Waals surface area contributed by atoms with E-state index in [1.165, 1.54) is 27.1 Å². The molecule has 0 spiro atoms. The number of rotatable bonds is 4. The van der Waals surface area contributed by atoms with Crippen LogP contribution in [0.5, 0.6) is 0 Å². The first-order valence-electron chi connectivity index (χ1n) is 17.4. The smallest absolute Gasteiger partial charge is 0.238 e. The van der Waals surface area contributed by atoms with Crippen molar-refractivity contribution in [2.75, 3.05) is 0 Å². The third-order valence-electron chi connectivity index (χ3n) is 10.2. The third kappa shape index (κ3) is 4.39. The van der Waals surface area contributed by atoms with E-state index in [2.05, 4.69) is 132 Å². The van der Waals surface area contributed by atoms with Crippen molar-refractivity contribution in [1.29, 1.82) is 0 Å². The molecular formula is C47H28N4O. The Morgan fingerprint density at radius 2 is 0.942 bits per heavy atom. The normalized spacial score (nSPS) is 11.8. The molecule has 0 aliphatic heterocycles. The van der Waals surface area contributed by atoms with Gasteiger partial charge in [-0.2, -0.15) is 9.97 Å². The molecule has 3 aromatic heterocycles. The lowest BCUT2D eigenvalue weighted by Gasteiger charge is -2.11. The van der Waals surface area contributed by atoms with E-state index in [0.717, 1.165) is 60.4 Å². The van der Waals surface area contributed by atoms with Crippen LogP contribution in [0.15, 0.2) is 174 Å². The largest absolute Gasteiger partial charge is 0.456 e. The highest BCUT2D eigenvalue weighted by Gasteiger charge is 2.21. The lowest BCUT2D eigenvalue weighted by Crippen LogP contribution is -2.06. The van der Waals surface area contributed by atoms with Crippen LogP contribution >= 0.6 is 0 Å². The van der Waals surface area contributed by atoms with Gasteiger partial charge < -0.3 is 4.42 Å². The molecule has 0 bridgehead atoms. The van der Waals surface area contributed by atoms with E-state index in [-0.39, 0.29) is 0 Å². The first-order valence-corrected chi connectivity index (χ1v) is 17.4. The highest BCUT2D eigenvalue weighted by molar-refractivity contribution is 6.22. The minimum atomic E-state index is 0.564. The average Bonchev–Trinajstić information content (AvgIpc) is 3.77. The first-order chi connectivity index (χ1) is 25.8. The number of furan rings is 1. The molecule has 8 aromatic carbocycles. The molecule has 0 atom stereocenters. The van der Waals surface area contributed by atoms with Gasteiger partial charge in [-0.15, -0.1) is 0 Å². The molecule has 242 valence electrons. The third-order valence-corrected chi connectivity index (χ3v) is 10.2. The molecule has 52 heavy (non-hydrogen) atoms. The number of aromatic nitrogens is 4. The quantitative estimate of drug-likeness (QED) is 0.188. The zero-order valence-corrected chi connectivity index (χ0v) is 27.9. The van der Waals surface area contributed by atoms with Gasteiger partial charge in [-0.05, 0) is 75.1 Å². The summed E-state index contributed by atoms with van der Waals surface area (Å²) in [5, 5.41) is 9.16. The summed E-state index contributed by atoms with van der Waals surface area (Å²) in [6.45, 7) is 0. The summed E-state index contributed by atoms with van der Waals surface area (Å²) < 4.78 is 8.54. The molecule has 0 radical (unpaired) electrons. The average molecular weight is 665 g/mol. The van der Waals surface area contributed by atoms with Crippen LogP contribution in [-0.4, -0.2) is 19.5 Å². The van der Waals surface area contributed by atoms with Crippen LogP contribution in [0.25, 0.3) is 105 Å². The minimum absolute atomic E-state index is 0.564. The maximum atomic E-state index is 6.34. The molecular weight excluding hydrogens is 637 g/mol. The van der Waals surface area contributed by atoms with Gasteiger partial charge in [-0.25, -0.2) is 4.98 Å². The van der Waals surface area contributed by atoms with Crippen molar-refractivity contribution >= 4 is 65.3 Å². The zero-order chi connectivity index (χ0) is 34.2. The van der Waals surface area contributed by atoms with Gasteiger partial charge in [0.15, 0.2) is 11.6 Å². The van der Waals surface area contributed by atoms with E-state index in [1.807, 2.05) is 42.5 Å². The maximum Gasteiger partial charge on any atom is 0.238 e. The Bertz CT molecular complexity index is 3180. The molecule has 11 aromatic rings. The molecule has 11 rings (SSSR count). The first kappa shape index (κ1) is 28.7. The van der Waals surface area contributed by atoms with Gasteiger partial charge in [-0.1, -0.05) is 127 Å². The Balaban J connectivity index is 1.20. The number of benzene rings is 8. The Morgan fingerprint density at radius 3 is 1.71 bits per heavy atom. The maximum absolute atomic E-state index is 6.34. The van der Waals surface area contributed by atoms with Crippen molar-refractivity contribution in [1.82, 2.24) is 19.5 Å². The van der Waals surface area contributed by atoms with Gasteiger partial charge in [0.25, 0.3) is 0 Å². The molecule has 0 N–H and O–H groups in total. The summed E-state index contributed by atoms with van der Waals surface area (Å²) in [5.74, 6) is 1.77. The number of nitrogens with zero attached hydrogens (tertiary/aromatic N) is 4. The highest BCUT2D eigenvalue weighted by atomic mass is 16.3. The highest BCUT2D eigenvalue weighted by Crippen LogP contribution is 2.40. The van der Waals surface area contributed by atoms with Crippen LogP contribution in [0.4, 0.5) is 0 Å². The standard InChI is InChI=1S/C47H28N4O/c1-3-11-29(12-4-1)33-20-23-39-37(27-33)43-35-17-9-7-13-30(35)19-24-40(43)51(39)47-49-45(32-15-5-2-6-16-32)48-46(50-47)34-22-25-41-38(28-34)44-36-18-10-8-14-31(36)21-26-42(44)52-41/h1-28H. The Kier molecular flexibility index (Phi) is 6.18. The SMILES string of the molecule is c1ccc(-c2ccc3c(c2)c2c4ccccc4ccc2n3-c2nc(-c3ccccc3)nc(-c3ccc4oc5ccc6ccccc6c5c4c3)n2)cc1. The predicted octanol–water partition coefficient (Wildman–Crippen LogP) is 12.2. The van der Waals surface area contributed by atoms with Crippen LogP contribution in [0, 0.1) is 0 Å². The van der Waals surface area contributed by atoms with Crippen molar-refractivity contribution in [3.8, 4) is 39.9 Å². The van der Waals surface area contributed by atoms with E-state index in [9.17, 15) is 0 Å². The van der Waals surface area contributed by atoms with Crippen LogP contribution < -0.4 is 0 Å². The van der Waals surface area contributed by atoms with Crippen molar-refractivity contribution in [2.45, 2.75) is 0 Å². The number of fused-ring (bicyclic) bond motifs is 10. The Labute approximate surface area is 298 Å². The lowest BCUT2D eigenvalue weighted by atomic mass is 10.0. The lowest BCUT2D eigenvalue weighted by molar-refractivity contribution is 0.669. The second kappa shape index (κ2) is 11.2. The summed E-state index contributed by atoms with van der Waals surface area (Å²) in [5.41, 5.74) is 7.91. The molecule has 0 amide bonds. The van der Waals surface area contributed by atoms with Gasteiger partial charge in [0.05, 0.1) is 11.0 Å². The summed E-state index contributed by atoms with van der Waals surface area (Å²) in [4.78, 5) is 15.6. The van der Waals surface area contributed by atoms with Gasteiger partial charge in [0.1, 0.15) is 11.2 Å². The molecule has 5 heteroatoms. The topological polar surface area (TPSA) is 56.7 Å². The van der Waals surface area contributed by atoms with E-state index < -0.39 is 0 Å². The number of hydrogen-bond donors (Lipinski definition) is 0. The molecule has 0 saturated carbocycles. The van der Waals surface area contributed by atoms with E-state index >= 15 is 0 Å². The fourth-order valence-electron chi connectivity index (χ4n) is 7.81. The van der Waals surface area contributed by atoms with Crippen molar-refractivity contribution in [3.63, 3.8) is 0 Å². The van der Waals surface area contributed by atoms with Gasteiger partial charge in [0.2, 0.25) is 5.95 Å². The molecule has 3 heterocycles. The summed E-state index contributed by atoms with van der Waals surface area (Å²) >= 11 is 0. The molecule has 0 aliphatic rings. The van der Waals surface area contributed by atoms with E-state index in [4.69, 9.17) is 19.4 Å². The second-order valence-electron chi connectivity index (χ2n) is 13.2. The summed E-state index contributed by atoms with van der Waals surface area (Å²) in [7, 11) is 0. The Morgan fingerprint density at radius 1 is 0.365 bits per heavy atom. The summed E-state index contributed by atoms with van der Waals surface area (Å²) in [6, 6.07) is 59.2. The predicted molar refractivity (Wildman–Crippen MR) is 213 cm³/mol. The van der Waals surface area contributed by atoms with Gasteiger partial charge >= 0.3 is 0 Å².